The van der Waals surface area contributed by atoms with Gasteiger partial charge in [0.05, 0.1) is 27.9 Å². The smallest absolute Gasteiger partial charge is 0.210 e. The number of rotatable bonds is 4. The Morgan fingerprint density at radius 2 is 1.84 bits per heavy atom. The largest absolute Gasteiger partial charge is 0.496 e. The van der Waals surface area contributed by atoms with E-state index in [9.17, 15) is 4.79 Å². The normalized spacial score (nSPS) is 10.3. The molecule has 0 aliphatic carbocycles. The Hall–Kier alpha value is -1.04. The number of halogens is 2. The van der Waals surface area contributed by atoms with E-state index in [4.69, 9.17) is 21.1 Å². The van der Waals surface area contributed by atoms with Crippen molar-refractivity contribution in [3.63, 3.8) is 0 Å². The maximum absolute atomic E-state index is 12.5. The lowest BCUT2D eigenvalue weighted by Crippen LogP contribution is -2.04. The van der Waals surface area contributed by atoms with Gasteiger partial charge in [0, 0.05) is 0 Å². The molecule has 0 bridgehead atoms. The highest BCUT2D eigenvalue weighted by molar-refractivity contribution is 9.11. The minimum atomic E-state index is -0.174. The third-order valence-corrected chi connectivity index (χ3v) is 5.00. The van der Waals surface area contributed by atoms with E-state index in [0.717, 1.165) is 3.79 Å². The molecule has 1 heterocycles. The summed E-state index contributed by atoms with van der Waals surface area (Å²) in [5.41, 5.74) is 0.401. The summed E-state index contributed by atoms with van der Waals surface area (Å²) in [5.74, 6) is 0.780. The van der Waals surface area contributed by atoms with Crippen LogP contribution in [0.4, 0.5) is 0 Å². The molecule has 1 aromatic carbocycles. The van der Waals surface area contributed by atoms with E-state index < -0.39 is 0 Å². The molecular weight excluding hydrogens is 352 g/mol. The lowest BCUT2D eigenvalue weighted by Gasteiger charge is -2.10. The number of benzene rings is 1. The van der Waals surface area contributed by atoms with Gasteiger partial charge in [-0.05, 0) is 34.1 Å². The summed E-state index contributed by atoms with van der Waals surface area (Å²) in [7, 11) is 3.03. The topological polar surface area (TPSA) is 35.5 Å². The van der Waals surface area contributed by atoms with Crippen molar-refractivity contribution in [2.75, 3.05) is 14.2 Å². The highest BCUT2D eigenvalue weighted by Crippen LogP contribution is 2.37. The van der Waals surface area contributed by atoms with Crippen molar-refractivity contribution in [1.82, 2.24) is 0 Å². The number of thiophene rings is 1. The molecule has 0 amide bonds. The molecule has 6 heteroatoms. The Morgan fingerprint density at radius 1 is 1.26 bits per heavy atom. The number of ether oxygens (including phenoxy) is 2. The van der Waals surface area contributed by atoms with Crippen LogP contribution in [0.2, 0.25) is 5.02 Å². The average molecular weight is 362 g/mol. The zero-order valence-electron chi connectivity index (χ0n) is 10.2. The third kappa shape index (κ3) is 2.78. The minimum absolute atomic E-state index is 0.174. The fourth-order valence-corrected chi connectivity index (χ4v) is 3.30. The molecule has 19 heavy (non-hydrogen) atoms. The second kappa shape index (κ2) is 5.94. The van der Waals surface area contributed by atoms with E-state index in [1.54, 1.807) is 24.3 Å². The molecule has 0 radical (unpaired) electrons. The summed E-state index contributed by atoms with van der Waals surface area (Å²) in [5, 5.41) is 0.516. The summed E-state index contributed by atoms with van der Waals surface area (Å²) < 4.78 is 11.2. The number of ketones is 1. The highest BCUT2D eigenvalue weighted by atomic mass is 79.9. The number of hydrogen-bond acceptors (Lipinski definition) is 4. The van der Waals surface area contributed by atoms with Crippen LogP contribution in [-0.4, -0.2) is 20.0 Å². The van der Waals surface area contributed by atoms with E-state index in [1.165, 1.54) is 25.6 Å². The Balaban J connectivity index is 2.54. The van der Waals surface area contributed by atoms with Crippen LogP contribution in [0.1, 0.15) is 15.2 Å². The van der Waals surface area contributed by atoms with Gasteiger partial charge in [-0.1, -0.05) is 17.7 Å². The Kier molecular flexibility index (Phi) is 4.50. The third-order valence-electron chi connectivity index (χ3n) is 2.52. The molecule has 3 nitrogen and oxygen atoms in total. The first kappa shape index (κ1) is 14.4. The zero-order valence-corrected chi connectivity index (χ0v) is 13.4. The van der Waals surface area contributed by atoms with Crippen LogP contribution in [-0.2, 0) is 0 Å². The minimum Gasteiger partial charge on any atom is -0.496 e. The zero-order chi connectivity index (χ0) is 14.0. The first-order chi connectivity index (χ1) is 9.08. The predicted molar refractivity (Wildman–Crippen MR) is 80.0 cm³/mol. The van der Waals surface area contributed by atoms with E-state index in [2.05, 4.69) is 15.9 Å². The first-order valence-corrected chi connectivity index (χ1v) is 7.27. The van der Waals surface area contributed by atoms with Crippen LogP contribution in [0, 0.1) is 0 Å². The van der Waals surface area contributed by atoms with Crippen molar-refractivity contribution < 1.29 is 14.3 Å². The van der Waals surface area contributed by atoms with Crippen LogP contribution >= 0.6 is 38.9 Å². The SMILES string of the molecule is COc1cccc(OC)c1C(=O)c1cc(Cl)c(Br)s1. The maximum Gasteiger partial charge on any atom is 0.210 e. The van der Waals surface area contributed by atoms with Crippen LogP contribution in [0.5, 0.6) is 11.5 Å². The Morgan fingerprint density at radius 3 is 2.26 bits per heavy atom. The van der Waals surface area contributed by atoms with Crippen molar-refractivity contribution in [2.45, 2.75) is 0 Å². The molecule has 0 spiro atoms. The number of carbonyl (C=O) groups is 1. The fourth-order valence-electron chi connectivity index (χ4n) is 1.66. The molecule has 0 N–H and O–H groups in total. The molecule has 0 unspecified atom stereocenters. The van der Waals surface area contributed by atoms with Gasteiger partial charge in [0.15, 0.2) is 0 Å². The van der Waals surface area contributed by atoms with Crippen molar-refractivity contribution in [1.29, 1.82) is 0 Å². The second-order valence-corrected chi connectivity index (χ2v) is 6.38. The van der Waals surface area contributed by atoms with E-state index >= 15 is 0 Å². The summed E-state index contributed by atoms with van der Waals surface area (Å²) in [6.45, 7) is 0. The summed E-state index contributed by atoms with van der Waals surface area (Å²) in [6.07, 6.45) is 0. The molecule has 0 atom stereocenters. The van der Waals surface area contributed by atoms with Crippen LogP contribution in [0.3, 0.4) is 0 Å². The first-order valence-electron chi connectivity index (χ1n) is 5.29. The fraction of sp³-hybridized carbons (Fsp3) is 0.154. The number of methoxy groups -OCH3 is 2. The molecule has 0 saturated carbocycles. The van der Waals surface area contributed by atoms with E-state index in [1.807, 2.05) is 0 Å². The van der Waals surface area contributed by atoms with Gasteiger partial charge in [-0.3, -0.25) is 4.79 Å². The van der Waals surface area contributed by atoms with Gasteiger partial charge in [0.1, 0.15) is 17.1 Å². The van der Waals surface area contributed by atoms with Gasteiger partial charge >= 0.3 is 0 Å². The van der Waals surface area contributed by atoms with Gasteiger partial charge in [-0.2, -0.15) is 0 Å². The van der Waals surface area contributed by atoms with E-state index in [-0.39, 0.29) is 5.78 Å². The van der Waals surface area contributed by atoms with Crippen LogP contribution in [0.25, 0.3) is 0 Å². The van der Waals surface area contributed by atoms with Crippen molar-refractivity contribution in [2.24, 2.45) is 0 Å². The van der Waals surface area contributed by atoms with Gasteiger partial charge < -0.3 is 9.47 Å². The van der Waals surface area contributed by atoms with Gasteiger partial charge in [0.25, 0.3) is 0 Å². The van der Waals surface area contributed by atoms with Crippen LogP contribution < -0.4 is 9.47 Å². The molecule has 100 valence electrons. The van der Waals surface area contributed by atoms with Crippen LogP contribution in [0.15, 0.2) is 28.1 Å². The predicted octanol–water partition coefficient (Wildman–Crippen LogP) is 4.41. The lowest BCUT2D eigenvalue weighted by atomic mass is 10.1. The highest BCUT2D eigenvalue weighted by Gasteiger charge is 2.22. The molecule has 1 aromatic heterocycles. The Bertz CT molecular complexity index is 583. The maximum atomic E-state index is 12.5. The lowest BCUT2D eigenvalue weighted by molar-refractivity contribution is 0.103. The molecule has 0 fully saturated rings. The molecular formula is C13H10BrClO3S. The van der Waals surface area contributed by atoms with Crippen molar-refractivity contribution in [3.8, 4) is 11.5 Å². The summed E-state index contributed by atoms with van der Waals surface area (Å²) >= 11 is 10.5. The van der Waals surface area contributed by atoms with Crippen molar-refractivity contribution >= 4 is 44.7 Å². The van der Waals surface area contributed by atoms with E-state index in [0.29, 0.717) is 27.0 Å². The summed E-state index contributed by atoms with van der Waals surface area (Å²) in [4.78, 5) is 13.1. The van der Waals surface area contributed by atoms with Gasteiger partial charge in [0.2, 0.25) is 5.78 Å². The quantitative estimate of drug-likeness (QED) is 0.757. The van der Waals surface area contributed by atoms with Gasteiger partial charge in [-0.25, -0.2) is 0 Å². The molecule has 2 rings (SSSR count). The Labute approximate surface area is 128 Å². The van der Waals surface area contributed by atoms with Gasteiger partial charge in [-0.15, -0.1) is 11.3 Å². The van der Waals surface area contributed by atoms with Crippen molar-refractivity contribution in [3.05, 3.63) is 43.5 Å². The monoisotopic (exact) mass is 360 g/mol. The molecule has 2 aromatic rings. The average Bonchev–Trinajstić information content (AvgIpc) is 2.76. The number of carbonyl (C=O) groups excluding carboxylic acids is 1. The molecule has 0 aliphatic rings. The second-order valence-electron chi connectivity index (χ2n) is 3.60. The molecule has 0 aliphatic heterocycles. The standard InChI is InChI=1S/C13H10BrClO3S/c1-17-8-4-3-5-9(18-2)11(8)12(16)10-6-7(15)13(14)19-10/h3-6H,1-2H3. The number of hydrogen-bond donors (Lipinski definition) is 0. The summed E-state index contributed by atoms with van der Waals surface area (Å²) in [6, 6.07) is 6.84. The molecule has 0 saturated heterocycles.